The maximum atomic E-state index is 14.6. The summed E-state index contributed by atoms with van der Waals surface area (Å²) in [5, 5.41) is 55.3. The maximum Gasteiger partial charge on any atom is 0.327 e. The van der Waals surface area contributed by atoms with E-state index in [4.69, 9.17) is 16.9 Å². The molecule has 432 valence electrons. The number of H-pyrrole nitrogens is 1. The molecule has 0 spiro atoms. The van der Waals surface area contributed by atoms with Gasteiger partial charge < -0.3 is 73.9 Å². The number of amides is 7. The number of rotatable bonds is 32. The van der Waals surface area contributed by atoms with Crippen LogP contribution < -0.4 is 48.7 Å². The Labute approximate surface area is 463 Å². The number of carbonyl (C=O) groups excluding carboxylic acids is 7. The van der Waals surface area contributed by atoms with Gasteiger partial charge in [0.2, 0.25) is 41.4 Å². The first-order valence-corrected chi connectivity index (χ1v) is 27.5. The molecule has 1 aliphatic heterocycles. The topological polar surface area (TPSA) is 406 Å². The summed E-state index contributed by atoms with van der Waals surface area (Å²) in [6, 6.07) is 3.19. The fraction of sp³-hybridized carbons (Fsp3) is 0.528. The molecule has 2 heterocycles. The number of guanidine groups is 1. The van der Waals surface area contributed by atoms with Crippen LogP contribution in [0, 0.1) is 17.2 Å². The van der Waals surface area contributed by atoms with Gasteiger partial charge in [0.25, 0.3) is 0 Å². The number of nitrogens with two attached hydrogens (primary N) is 2. The smallest absolute Gasteiger partial charge is 0.327 e. The van der Waals surface area contributed by atoms with Crippen molar-refractivity contribution in [1.29, 1.82) is 5.41 Å². The van der Waals surface area contributed by atoms with Crippen LogP contribution in [0.15, 0.2) is 61.1 Å². The fourth-order valence-electron chi connectivity index (χ4n) is 8.63. The molecule has 1 aliphatic rings. The summed E-state index contributed by atoms with van der Waals surface area (Å²) in [6.45, 7) is 9.02. The molecule has 16 N–H and O–H groups in total. The van der Waals surface area contributed by atoms with Crippen molar-refractivity contribution in [2.24, 2.45) is 23.3 Å². The molecule has 3 aromatic rings. The number of aliphatic carboxylic acids is 2. The van der Waals surface area contributed by atoms with Crippen LogP contribution in [0.25, 0.3) is 0 Å². The van der Waals surface area contributed by atoms with E-state index in [0.717, 1.165) is 12.0 Å². The Balaban J connectivity index is 1.56. The predicted molar refractivity (Wildman–Crippen MR) is 294 cm³/mol. The highest BCUT2D eigenvalue weighted by atomic mass is 32.2. The van der Waals surface area contributed by atoms with Gasteiger partial charge in [-0.25, -0.2) is 9.78 Å². The first-order valence-electron chi connectivity index (χ1n) is 26.3. The molecule has 4 rings (SSSR count). The number of nitrogens with zero attached hydrogens (tertiary/aromatic N) is 2. The number of benzene rings is 2. The number of imidazole rings is 1. The van der Waals surface area contributed by atoms with Crippen LogP contribution in [0.3, 0.4) is 0 Å². The Hall–Kier alpha value is -7.74. The van der Waals surface area contributed by atoms with Crippen molar-refractivity contribution >= 4 is 71.0 Å². The summed E-state index contributed by atoms with van der Waals surface area (Å²) in [4.78, 5) is 131. The molecule has 26 heteroatoms. The first kappa shape index (κ1) is 63.8. The van der Waals surface area contributed by atoms with E-state index < -0.39 is 120 Å². The zero-order chi connectivity index (χ0) is 58.3. The molecular formula is C53H77N13O12S. The van der Waals surface area contributed by atoms with Gasteiger partial charge in [-0.3, -0.25) is 43.8 Å². The fourth-order valence-corrected chi connectivity index (χ4v) is 9.63. The quantitative estimate of drug-likeness (QED) is 0.0225. The Morgan fingerprint density at radius 3 is 1.97 bits per heavy atom. The molecule has 79 heavy (non-hydrogen) atoms. The minimum Gasteiger partial charge on any atom is -0.508 e. The third-order valence-electron chi connectivity index (χ3n) is 13.4. The van der Waals surface area contributed by atoms with Gasteiger partial charge in [0, 0.05) is 43.6 Å². The van der Waals surface area contributed by atoms with E-state index in [1.807, 2.05) is 31.2 Å². The molecule has 0 saturated carbocycles. The van der Waals surface area contributed by atoms with Gasteiger partial charge in [-0.2, -0.15) is 11.8 Å². The van der Waals surface area contributed by atoms with Gasteiger partial charge in [0.1, 0.15) is 48.0 Å². The number of nitrogens with one attached hydrogen (secondary N) is 9. The molecule has 7 amide bonds. The number of aromatic nitrogens is 2. The number of hydrogen-bond donors (Lipinski definition) is 14. The number of carbonyl (C=O) groups is 9. The van der Waals surface area contributed by atoms with Crippen molar-refractivity contribution in [2.75, 3.05) is 18.8 Å². The number of aryl methyl sites for hydroxylation is 1. The van der Waals surface area contributed by atoms with Gasteiger partial charge in [0.15, 0.2) is 5.96 Å². The molecule has 0 aliphatic carbocycles. The number of aromatic hydroxyl groups is 1. The highest BCUT2D eigenvalue weighted by molar-refractivity contribution is 7.98. The molecule has 0 bridgehead atoms. The molecule has 1 fully saturated rings. The highest BCUT2D eigenvalue weighted by Gasteiger charge is 2.41. The zero-order valence-electron chi connectivity index (χ0n) is 45.2. The van der Waals surface area contributed by atoms with Gasteiger partial charge in [-0.1, -0.05) is 77.4 Å². The third-order valence-corrected chi connectivity index (χ3v) is 14.5. The van der Waals surface area contributed by atoms with Gasteiger partial charge in [0.05, 0.1) is 24.5 Å². The van der Waals surface area contributed by atoms with E-state index in [1.165, 1.54) is 59.0 Å². The van der Waals surface area contributed by atoms with Crippen molar-refractivity contribution in [3.8, 4) is 5.75 Å². The maximum absolute atomic E-state index is 14.6. The molecule has 25 nitrogen and oxygen atoms in total. The number of thioether (sulfide) groups is 1. The summed E-state index contributed by atoms with van der Waals surface area (Å²) in [6.07, 6.45) is 3.87. The van der Waals surface area contributed by atoms with Crippen LogP contribution in [0.1, 0.15) is 95.5 Å². The molecule has 1 saturated heterocycles. The minimum atomic E-state index is -1.51. The van der Waals surface area contributed by atoms with Crippen molar-refractivity contribution < 1.29 is 58.5 Å². The lowest BCUT2D eigenvalue weighted by Gasteiger charge is -2.32. The van der Waals surface area contributed by atoms with Gasteiger partial charge in [-0.05, 0) is 72.8 Å². The summed E-state index contributed by atoms with van der Waals surface area (Å²) >= 11 is 1.34. The predicted octanol–water partition coefficient (Wildman–Crippen LogP) is 0.148. The van der Waals surface area contributed by atoms with E-state index in [0.29, 0.717) is 29.9 Å². The normalized spacial score (nSPS) is 16.1. The lowest BCUT2D eigenvalue weighted by molar-refractivity contribution is -0.144. The van der Waals surface area contributed by atoms with Crippen LogP contribution in [0.4, 0.5) is 0 Å². The van der Waals surface area contributed by atoms with Gasteiger partial charge >= 0.3 is 11.9 Å². The number of hydrogen-bond acceptors (Lipinski definition) is 14. The molecule has 0 unspecified atom stereocenters. The Morgan fingerprint density at radius 2 is 1.38 bits per heavy atom. The van der Waals surface area contributed by atoms with Gasteiger partial charge in [-0.15, -0.1) is 0 Å². The van der Waals surface area contributed by atoms with Crippen molar-refractivity contribution in [1.82, 2.24) is 52.1 Å². The highest BCUT2D eigenvalue weighted by Crippen LogP contribution is 2.22. The van der Waals surface area contributed by atoms with E-state index in [-0.39, 0.29) is 62.7 Å². The summed E-state index contributed by atoms with van der Waals surface area (Å²) in [7, 11) is 0. The number of carboxylic acids is 2. The number of phenols is 1. The van der Waals surface area contributed by atoms with E-state index in [2.05, 4.69) is 47.2 Å². The van der Waals surface area contributed by atoms with Crippen LogP contribution in [0.2, 0.25) is 0 Å². The third kappa shape index (κ3) is 20.5. The number of aromatic amines is 1. The number of phenolic OH excluding ortho intramolecular Hbond substituents is 1. The van der Waals surface area contributed by atoms with Crippen LogP contribution >= 0.6 is 11.8 Å². The zero-order valence-corrected chi connectivity index (χ0v) is 46.0. The Bertz CT molecular complexity index is 2550. The second-order valence-corrected chi connectivity index (χ2v) is 20.9. The summed E-state index contributed by atoms with van der Waals surface area (Å²) in [5.41, 5.74) is 14.2. The number of likely N-dealkylation sites (tertiary alicyclic amines) is 1. The average Bonchev–Trinajstić information content (AvgIpc) is 4.13. The molecule has 9 atom stereocenters. The SMILES string of the molecule is CCc1ccc(CSC[C@H](NC(=O)[C@@H]2CCCN2C(=O)[C@H](Cc2c[nH]cn2)NC(=O)[C@@H](NC(=O)[C@H](Cc2ccc(O)cc2)NC(=O)[C@@H](NC(=O)[C@H](CCCNC(=N)N)NC(=O)[C@@H](N)CC(=O)O)C(C)C)[C@@H](C)CC)C(=O)O)cc1. The standard InChI is InChI=1S/C53H77N13O12S/c1-6-30(5)44(50(75)62-39(23-34-25-57-28-59-34)51(76)66-21-9-11-41(66)48(73)63-40(52(77)78)27-79-26-33-14-12-31(7-2)13-15-33)65-47(72)38(22-32-16-18-35(67)19-17-32)61-49(74)43(29(3)4)64-46(71)37(10-8-20-58-53(55)56)60-45(70)36(54)24-42(68)69/h12-19,25,28-30,36-41,43-44,67H,6-11,20-24,26-27,54H2,1-5H3,(H,57,59)(H,60,70)(H,61,74)(H,62,75)(H,63,73)(H,64,71)(H,65,72)(H,68,69)(H,77,78)(H4,55,56,58)/t30-,36-,37-,38-,39-,40-,41-,43-,44-/m0/s1. The van der Waals surface area contributed by atoms with Crippen LogP contribution in [0.5, 0.6) is 5.75 Å². The monoisotopic (exact) mass is 1120 g/mol. The molecular weight excluding hydrogens is 1040 g/mol. The molecule has 2 aromatic carbocycles. The summed E-state index contributed by atoms with van der Waals surface area (Å²) in [5.74, 6) is -9.17. The van der Waals surface area contributed by atoms with Crippen molar-refractivity contribution in [2.45, 2.75) is 146 Å². The van der Waals surface area contributed by atoms with Crippen LogP contribution in [-0.2, 0) is 68.2 Å². The van der Waals surface area contributed by atoms with E-state index in [1.54, 1.807) is 27.7 Å². The van der Waals surface area contributed by atoms with Crippen molar-refractivity contribution in [3.63, 3.8) is 0 Å². The Morgan fingerprint density at radius 1 is 0.772 bits per heavy atom. The van der Waals surface area contributed by atoms with E-state index in [9.17, 15) is 58.5 Å². The average molecular weight is 1120 g/mol. The minimum absolute atomic E-state index is 0.0561. The number of carboxylic acid groups (broad SMARTS) is 2. The molecule has 1 aromatic heterocycles. The van der Waals surface area contributed by atoms with Crippen molar-refractivity contribution in [3.05, 3.63) is 83.4 Å². The first-order chi connectivity index (χ1) is 37.5. The molecule has 0 radical (unpaired) electrons. The largest absolute Gasteiger partial charge is 0.508 e. The second kappa shape index (κ2) is 31.6. The van der Waals surface area contributed by atoms with E-state index >= 15 is 0 Å². The van der Waals surface area contributed by atoms with Crippen LogP contribution in [-0.4, -0.2) is 157 Å². The lowest BCUT2D eigenvalue weighted by Crippen LogP contribution is -2.62. The lowest BCUT2D eigenvalue weighted by atomic mass is 9.96. The Kier molecular flexibility index (Phi) is 25.5. The second-order valence-electron chi connectivity index (χ2n) is 19.9. The summed E-state index contributed by atoms with van der Waals surface area (Å²) < 4.78 is 0.